The van der Waals surface area contributed by atoms with Crippen molar-refractivity contribution in [3.05, 3.63) is 90.5 Å². The van der Waals surface area contributed by atoms with Gasteiger partial charge in [-0.3, -0.25) is 25.0 Å². The number of non-ortho nitro benzene ring substituents is 2. The molecule has 2 amide bonds. The Hall–Kier alpha value is -4.63. The molecule has 20 heteroatoms. The third-order valence-corrected chi connectivity index (χ3v) is 10.8. The van der Waals surface area contributed by atoms with Crippen LogP contribution in [0, 0.1) is 32.1 Å². The van der Waals surface area contributed by atoms with Crippen molar-refractivity contribution in [3.8, 4) is 0 Å². The molecular formula is C30H34N6O12S2. The number of nitrogens with two attached hydrogens (primary N) is 1. The fourth-order valence-corrected chi connectivity index (χ4v) is 8.30. The Labute approximate surface area is 290 Å². The van der Waals surface area contributed by atoms with Crippen molar-refractivity contribution in [2.24, 2.45) is 17.0 Å². The number of amides is 2. The molecule has 2 aromatic carbocycles. The number of β-lactam (4-membered cyclic amide) rings is 1. The first-order valence-corrected chi connectivity index (χ1v) is 17.7. The Morgan fingerprint density at radius 3 is 2.08 bits per heavy atom. The summed E-state index contributed by atoms with van der Waals surface area (Å²) >= 11 is 1.23. The molecule has 2 fully saturated rings. The van der Waals surface area contributed by atoms with Gasteiger partial charge in [0.15, 0.2) is 0 Å². The molecule has 0 radical (unpaired) electrons. The average molecular weight is 735 g/mol. The molecule has 3 aliphatic heterocycles. The van der Waals surface area contributed by atoms with Crippen molar-refractivity contribution < 1.29 is 47.2 Å². The molecule has 1 unspecified atom stereocenters. The lowest BCUT2D eigenvalue weighted by atomic mass is 9.79. The van der Waals surface area contributed by atoms with Gasteiger partial charge in [-0.05, 0) is 48.7 Å². The van der Waals surface area contributed by atoms with E-state index in [0.29, 0.717) is 16.0 Å². The van der Waals surface area contributed by atoms with Crippen LogP contribution in [0.1, 0.15) is 31.4 Å². The molecule has 3 aliphatic rings. The molecule has 2 aromatic rings. The van der Waals surface area contributed by atoms with Gasteiger partial charge in [0.2, 0.25) is 5.91 Å². The summed E-state index contributed by atoms with van der Waals surface area (Å²) in [5.74, 6) is -2.44. The molecule has 4 N–H and O–H groups in total. The number of rotatable bonds is 13. The first-order chi connectivity index (χ1) is 23.6. The summed E-state index contributed by atoms with van der Waals surface area (Å²) in [5.41, 5.74) is 0.682. The van der Waals surface area contributed by atoms with Gasteiger partial charge >= 0.3 is 12.1 Å². The second-order valence-electron chi connectivity index (χ2n) is 12.1. The number of nitro benzene ring substituents is 2. The number of nitrogens with one attached hydrogen (secondary N) is 1. The monoisotopic (exact) mass is 734 g/mol. The number of nitro groups is 2. The highest BCUT2D eigenvalue weighted by molar-refractivity contribution is 8.03. The molecule has 0 aliphatic carbocycles. The van der Waals surface area contributed by atoms with E-state index in [4.69, 9.17) is 14.6 Å². The number of hydrogen-bond acceptors (Lipinski definition) is 13. The quantitative estimate of drug-likeness (QED) is 0.115. The summed E-state index contributed by atoms with van der Waals surface area (Å²) in [5, 5.41) is 37.0. The summed E-state index contributed by atoms with van der Waals surface area (Å²) in [6, 6.07) is 9.60. The van der Waals surface area contributed by atoms with Gasteiger partial charge in [0.1, 0.15) is 18.9 Å². The molecule has 0 aromatic heterocycles. The molecular weight excluding hydrogens is 700 g/mol. The standard InChI is InChI=1S/C30H34N6O12S2/c1-16-25-24(17(2)37)28(38)34(25)26(29(39)47-14-18-3-7-20(8-4-18)35(41)42)27(16)49-23-11-22(12-32-50(31,45)46)33(13-23)30(40)48-15-19-5-9-21(10-6-19)36(43)44/h3-10,16-17,22-25,32,37H,11-15H2,1-2H3,(H2,31,45,46)/t16-,17-,22+,23?,24-,25-/m1/s1. The van der Waals surface area contributed by atoms with Crippen LogP contribution in [-0.2, 0) is 42.5 Å². The number of carbonyl (C=O) groups is 3. The second-order valence-corrected chi connectivity index (χ2v) is 14.8. The van der Waals surface area contributed by atoms with Gasteiger partial charge in [-0.15, -0.1) is 11.8 Å². The maximum atomic E-state index is 13.6. The molecule has 268 valence electrons. The minimum absolute atomic E-state index is 0.00489. The van der Waals surface area contributed by atoms with E-state index in [9.17, 15) is 48.1 Å². The van der Waals surface area contributed by atoms with Crippen LogP contribution < -0.4 is 9.86 Å². The van der Waals surface area contributed by atoms with E-state index in [-0.39, 0.29) is 49.8 Å². The first-order valence-electron chi connectivity index (χ1n) is 15.3. The summed E-state index contributed by atoms with van der Waals surface area (Å²) in [6.45, 7) is 2.67. The number of fused-ring (bicyclic) bond motifs is 1. The van der Waals surface area contributed by atoms with Crippen LogP contribution in [0.3, 0.4) is 0 Å². The maximum absolute atomic E-state index is 13.6. The molecule has 5 rings (SSSR count). The highest BCUT2D eigenvalue weighted by atomic mass is 32.2. The SMILES string of the molecule is C[C@@H](O)[C@H]1C(=O)N2C(C(=O)OCc3ccc([N+](=O)[O-])cc3)=C(SC3C[C@@H](CNS(N)(=O)=O)N(C(=O)OCc4ccc([N+](=O)[O-])cc4)C3)[C@H](C)[C@H]12. The van der Waals surface area contributed by atoms with E-state index in [2.05, 4.69) is 4.72 Å². The normalized spacial score (nSPS) is 23.7. The van der Waals surface area contributed by atoms with Crippen molar-refractivity contribution >= 4 is 51.3 Å². The van der Waals surface area contributed by atoms with Crippen LogP contribution >= 0.6 is 11.8 Å². The number of esters is 1. The number of ether oxygens (including phenoxy) is 2. The molecule has 0 spiro atoms. The summed E-state index contributed by atoms with van der Waals surface area (Å²) in [7, 11) is -4.12. The van der Waals surface area contributed by atoms with Crippen molar-refractivity contribution in [3.63, 3.8) is 0 Å². The van der Waals surface area contributed by atoms with Gasteiger partial charge in [0, 0.05) is 59.5 Å². The minimum atomic E-state index is -4.12. The van der Waals surface area contributed by atoms with E-state index in [1.54, 1.807) is 0 Å². The fourth-order valence-electron chi connectivity index (χ4n) is 6.31. The third kappa shape index (κ3) is 7.88. The zero-order valence-electron chi connectivity index (χ0n) is 26.7. The van der Waals surface area contributed by atoms with Gasteiger partial charge in [0.25, 0.3) is 21.6 Å². The van der Waals surface area contributed by atoms with Gasteiger partial charge in [-0.25, -0.2) is 19.5 Å². The van der Waals surface area contributed by atoms with E-state index in [1.807, 2.05) is 6.92 Å². The second kappa shape index (κ2) is 14.7. The van der Waals surface area contributed by atoms with E-state index in [1.165, 1.54) is 77.0 Å². The lowest BCUT2D eigenvalue weighted by Crippen LogP contribution is -2.63. The van der Waals surface area contributed by atoms with Gasteiger partial charge in [0.05, 0.1) is 27.9 Å². The number of nitrogens with zero attached hydrogens (tertiary/aromatic N) is 4. The lowest BCUT2D eigenvalue weighted by molar-refractivity contribution is -0.385. The topological polar surface area (TPSA) is 255 Å². The van der Waals surface area contributed by atoms with Crippen molar-refractivity contribution in [1.82, 2.24) is 14.5 Å². The van der Waals surface area contributed by atoms with Crippen molar-refractivity contribution in [2.75, 3.05) is 13.1 Å². The van der Waals surface area contributed by atoms with Crippen molar-refractivity contribution in [2.45, 2.75) is 56.9 Å². The number of thioether (sulfide) groups is 1. The van der Waals surface area contributed by atoms with Gasteiger partial charge in [-0.2, -0.15) is 8.42 Å². The predicted octanol–water partition coefficient (Wildman–Crippen LogP) is 1.92. The van der Waals surface area contributed by atoms with Crippen LogP contribution in [0.25, 0.3) is 0 Å². The summed E-state index contributed by atoms with van der Waals surface area (Å²) in [4.78, 5) is 64.0. The van der Waals surface area contributed by atoms with Crippen LogP contribution in [0.4, 0.5) is 16.2 Å². The lowest BCUT2D eigenvalue weighted by Gasteiger charge is -2.46. The molecule has 18 nitrogen and oxygen atoms in total. The van der Waals surface area contributed by atoms with Crippen LogP contribution in [0.15, 0.2) is 59.1 Å². The maximum Gasteiger partial charge on any atom is 0.410 e. The highest BCUT2D eigenvalue weighted by Gasteiger charge is 2.60. The Bertz CT molecular complexity index is 1820. The average Bonchev–Trinajstić information content (AvgIpc) is 3.57. The van der Waals surface area contributed by atoms with Gasteiger partial charge < -0.3 is 24.4 Å². The molecule has 50 heavy (non-hydrogen) atoms. The zero-order chi connectivity index (χ0) is 36.5. The molecule has 0 saturated carbocycles. The molecule has 2 saturated heterocycles. The highest BCUT2D eigenvalue weighted by Crippen LogP contribution is 2.52. The third-order valence-electron chi connectivity index (χ3n) is 8.75. The number of benzene rings is 2. The largest absolute Gasteiger partial charge is 0.456 e. The molecule has 3 heterocycles. The first kappa shape index (κ1) is 36.6. The Morgan fingerprint density at radius 1 is 1.04 bits per heavy atom. The smallest absolute Gasteiger partial charge is 0.410 e. The number of aliphatic hydroxyl groups excluding tert-OH is 1. The van der Waals surface area contributed by atoms with Gasteiger partial charge in [-0.1, -0.05) is 6.92 Å². The predicted molar refractivity (Wildman–Crippen MR) is 176 cm³/mol. The number of likely N-dealkylation sites (tertiary alicyclic amines) is 1. The van der Waals surface area contributed by atoms with E-state index in [0.717, 1.165) is 0 Å². The summed E-state index contributed by atoms with van der Waals surface area (Å²) < 4.78 is 36.6. The minimum Gasteiger partial charge on any atom is -0.456 e. The Kier molecular flexibility index (Phi) is 10.8. The van der Waals surface area contributed by atoms with Crippen LogP contribution in [0.2, 0.25) is 0 Å². The van der Waals surface area contributed by atoms with Crippen LogP contribution in [-0.4, -0.2) is 87.7 Å². The molecule has 6 atom stereocenters. The number of hydrogen-bond donors (Lipinski definition) is 3. The van der Waals surface area contributed by atoms with E-state index < -0.39 is 73.3 Å². The zero-order valence-corrected chi connectivity index (χ0v) is 28.4. The van der Waals surface area contributed by atoms with Crippen molar-refractivity contribution in [1.29, 1.82) is 0 Å². The Balaban J connectivity index is 1.35. The van der Waals surface area contributed by atoms with Crippen LogP contribution in [0.5, 0.6) is 0 Å². The van der Waals surface area contributed by atoms with E-state index >= 15 is 0 Å². The number of carbonyl (C=O) groups excluding carboxylic acids is 3. The summed E-state index contributed by atoms with van der Waals surface area (Å²) in [6.07, 6.45) is -1.54. The fraction of sp³-hybridized carbons (Fsp3) is 0.433. The molecule has 0 bridgehead atoms. The number of aliphatic hydroxyl groups is 1. The Morgan fingerprint density at radius 2 is 1.58 bits per heavy atom.